The van der Waals surface area contributed by atoms with Crippen LogP contribution in [0.2, 0.25) is 5.15 Å². The Bertz CT molecular complexity index is 441. The lowest BCUT2D eigenvalue weighted by Crippen LogP contribution is -2.27. The van der Waals surface area contributed by atoms with E-state index in [9.17, 15) is 4.79 Å². The second-order valence-electron chi connectivity index (χ2n) is 4.71. The number of unbranched alkanes of at least 4 members (excludes halogenated alkanes) is 1. The number of amides is 1. The van der Waals surface area contributed by atoms with Crippen LogP contribution < -0.4 is 10.6 Å². The highest BCUT2D eigenvalue weighted by atomic mass is 35.5. The van der Waals surface area contributed by atoms with E-state index in [1.807, 2.05) is 0 Å². The third-order valence-electron chi connectivity index (χ3n) is 2.79. The topological polar surface area (TPSA) is 63.2 Å². The highest BCUT2D eigenvalue weighted by molar-refractivity contribution is 6.29. The van der Waals surface area contributed by atoms with Gasteiger partial charge in [0, 0.05) is 25.3 Å². The van der Waals surface area contributed by atoms with E-state index in [-0.39, 0.29) is 5.91 Å². The summed E-state index contributed by atoms with van der Waals surface area (Å²) in [5.74, 6) is 0.451. The van der Waals surface area contributed by atoms with Crippen LogP contribution in [0.5, 0.6) is 0 Å². The summed E-state index contributed by atoms with van der Waals surface area (Å²) in [5, 5.41) is 6.23. The molecule has 0 saturated carbocycles. The number of hydrogen-bond donors (Lipinski definition) is 2. The van der Waals surface area contributed by atoms with Gasteiger partial charge in [0.15, 0.2) is 0 Å². The summed E-state index contributed by atoms with van der Waals surface area (Å²) in [6.07, 6.45) is 3.13. The van der Waals surface area contributed by atoms with Gasteiger partial charge in [0.05, 0.1) is 6.61 Å². The largest absolute Gasteiger partial charge is 0.380 e. The zero-order chi connectivity index (χ0) is 15.5. The minimum atomic E-state index is -0.169. The molecule has 0 aromatic carbocycles. The SMILES string of the molecule is CCCCOCCNC(=O)c1cc(Cl)nc(NCCC)c1. The Kier molecular flexibility index (Phi) is 8.78. The van der Waals surface area contributed by atoms with Crippen molar-refractivity contribution in [1.29, 1.82) is 0 Å². The van der Waals surface area contributed by atoms with Crippen LogP contribution in [0.3, 0.4) is 0 Å². The van der Waals surface area contributed by atoms with Crippen molar-refractivity contribution in [2.24, 2.45) is 0 Å². The van der Waals surface area contributed by atoms with Gasteiger partial charge in [0.2, 0.25) is 0 Å². The molecule has 1 aromatic rings. The van der Waals surface area contributed by atoms with Crippen LogP contribution >= 0.6 is 11.6 Å². The molecule has 0 radical (unpaired) electrons. The molecule has 1 amide bonds. The predicted molar refractivity (Wildman–Crippen MR) is 86.1 cm³/mol. The lowest BCUT2D eigenvalue weighted by Gasteiger charge is -2.09. The summed E-state index contributed by atoms with van der Waals surface area (Å²) in [5.41, 5.74) is 0.502. The Morgan fingerprint density at radius 2 is 2.05 bits per heavy atom. The number of carbonyl (C=O) groups excluding carboxylic acids is 1. The number of anilines is 1. The molecule has 1 heterocycles. The molecule has 0 saturated heterocycles. The monoisotopic (exact) mass is 313 g/mol. The molecule has 1 aromatic heterocycles. The molecule has 0 aliphatic rings. The van der Waals surface area contributed by atoms with Crippen LogP contribution in [0.1, 0.15) is 43.5 Å². The van der Waals surface area contributed by atoms with Gasteiger partial charge in [0.1, 0.15) is 11.0 Å². The molecule has 0 atom stereocenters. The quantitative estimate of drug-likeness (QED) is 0.514. The van der Waals surface area contributed by atoms with Crippen molar-refractivity contribution in [2.75, 3.05) is 31.6 Å². The van der Waals surface area contributed by atoms with Gasteiger partial charge in [-0.1, -0.05) is 31.9 Å². The van der Waals surface area contributed by atoms with Crippen LogP contribution in [-0.2, 0) is 4.74 Å². The van der Waals surface area contributed by atoms with Gasteiger partial charge in [0.25, 0.3) is 5.91 Å². The molecule has 0 unspecified atom stereocenters. The zero-order valence-corrected chi connectivity index (χ0v) is 13.5. The molecular weight excluding hydrogens is 290 g/mol. The third kappa shape index (κ3) is 7.29. The number of rotatable bonds is 10. The molecule has 1 rings (SSSR count). The molecular formula is C15H24ClN3O2. The fourth-order valence-corrected chi connectivity index (χ4v) is 1.87. The molecule has 6 heteroatoms. The minimum Gasteiger partial charge on any atom is -0.380 e. The first-order chi connectivity index (χ1) is 10.2. The van der Waals surface area contributed by atoms with Gasteiger partial charge >= 0.3 is 0 Å². The van der Waals surface area contributed by atoms with Gasteiger partial charge in [-0.15, -0.1) is 0 Å². The van der Waals surface area contributed by atoms with E-state index >= 15 is 0 Å². The van der Waals surface area contributed by atoms with Crippen molar-refractivity contribution >= 4 is 23.3 Å². The van der Waals surface area contributed by atoms with Crippen molar-refractivity contribution < 1.29 is 9.53 Å². The van der Waals surface area contributed by atoms with Gasteiger partial charge in [-0.2, -0.15) is 0 Å². The summed E-state index contributed by atoms with van der Waals surface area (Å²) in [7, 11) is 0. The lowest BCUT2D eigenvalue weighted by molar-refractivity contribution is 0.0912. The summed E-state index contributed by atoms with van der Waals surface area (Å²) < 4.78 is 5.40. The van der Waals surface area contributed by atoms with E-state index in [2.05, 4.69) is 29.5 Å². The average Bonchev–Trinajstić information content (AvgIpc) is 2.48. The fourth-order valence-electron chi connectivity index (χ4n) is 1.66. The number of halogens is 1. The van der Waals surface area contributed by atoms with E-state index in [4.69, 9.17) is 16.3 Å². The number of ether oxygens (including phenoxy) is 1. The van der Waals surface area contributed by atoms with Crippen LogP contribution in [-0.4, -0.2) is 37.2 Å². The Morgan fingerprint density at radius 3 is 2.76 bits per heavy atom. The molecule has 0 aliphatic carbocycles. The summed E-state index contributed by atoms with van der Waals surface area (Å²) in [4.78, 5) is 16.2. The first-order valence-corrected chi connectivity index (χ1v) is 7.82. The Hall–Kier alpha value is -1.33. The Balaban J connectivity index is 2.44. The van der Waals surface area contributed by atoms with E-state index in [0.717, 1.165) is 32.4 Å². The van der Waals surface area contributed by atoms with E-state index in [1.165, 1.54) is 0 Å². The number of nitrogens with zero attached hydrogens (tertiary/aromatic N) is 1. The lowest BCUT2D eigenvalue weighted by atomic mass is 10.2. The summed E-state index contributed by atoms with van der Waals surface area (Å²) in [6, 6.07) is 3.26. The molecule has 0 bridgehead atoms. The van der Waals surface area contributed by atoms with Crippen LogP contribution in [0.4, 0.5) is 5.82 Å². The van der Waals surface area contributed by atoms with Crippen LogP contribution in [0.15, 0.2) is 12.1 Å². The number of pyridine rings is 1. The van der Waals surface area contributed by atoms with Gasteiger partial charge in [-0.25, -0.2) is 4.98 Å². The first-order valence-electron chi connectivity index (χ1n) is 7.44. The van der Waals surface area contributed by atoms with E-state index < -0.39 is 0 Å². The highest BCUT2D eigenvalue weighted by Gasteiger charge is 2.08. The second kappa shape index (κ2) is 10.4. The van der Waals surface area contributed by atoms with E-state index in [0.29, 0.717) is 29.7 Å². The maximum absolute atomic E-state index is 12.0. The molecule has 0 aliphatic heterocycles. The minimum absolute atomic E-state index is 0.169. The van der Waals surface area contributed by atoms with Crippen molar-refractivity contribution in [3.63, 3.8) is 0 Å². The highest BCUT2D eigenvalue weighted by Crippen LogP contribution is 2.14. The summed E-state index contributed by atoms with van der Waals surface area (Å²) in [6.45, 7) is 6.70. The zero-order valence-electron chi connectivity index (χ0n) is 12.7. The second-order valence-corrected chi connectivity index (χ2v) is 5.10. The number of nitrogens with one attached hydrogen (secondary N) is 2. The molecule has 0 spiro atoms. The number of hydrogen-bond acceptors (Lipinski definition) is 4. The Morgan fingerprint density at radius 1 is 1.24 bits per heavy atom. The predicted octanol–water partition coefficient (Wildman–Crippen LogP) is 3.10. The van der Waals surface area contributed by atoms with Crippen molar-refractivity contribution in [3.05, 3.63) is 22.8 Å². The van der Waals surface area contributed by atoms with Crippen molar-refractivity contribution in [1.82, 2.24) is 10.3 Å². The molecule has 118 valence electrons. The molecule has 21 heavy (non-hydrogen) atoms. The number of aromatic nitrogens is 1. The standard InChI is InChI=1S/C15H24ClN3O2/c1-3-5-8-21-9-7-18-15(20)12-10-13(16)19-14(11-12)17-6-4-2/h10-11H,3-9H2,1-2H3,(H,17,19)(H,18,20). The maximum atomic E-state index is 12.0. The summed E-state index contributed by atoms with van der Waals surface area (Å²) >= 11 is 5.94. The number of carbonyl (C=O) groups is 1. The van der Waals surface area contributed by atoms with Crippen LogP contribution in [0.25, 0.3) is 0 Å². The Labute approximate surface area is 131 Å². The van der Waals surface area contributed by atoms with Crippen molar-refractivity contribution in [3.8, 4) is 0 Å². The third-order valence-corrected chi connectivity index (χ3v) is 2.98. The normalized spacial score (nSPS) is 10.4. The van der Waals surface area contributed by atoms with Gasteiger partial charge in [-0.05, 0) is 25.0 Å². The average molecular weight is 314 g/mol. The fraction of sp³-hybridized carbons (Fsp3) is 0.600. The first kappa shape index (κ1) is 17.7. The molecule has 5 nitrogen and oxygen atoms in total. The van der Waals surface area contributed by atoms with Crippen LogP contribution in [0, 0.1) is 0 Å². The maximum Gasteiger partial charge on any atom is 0.251 e. The smallest absolute Gasteiger partial charge is 0.251 e. The molecule has 2 N–H and O–H groups in total. The van der Waals surface area contributed by atoms with Gasteiger partial charge in [-0.3, -0.25) is 4.79 Å². The molecule has 0 fully saturated rings. The van der Waals surface area contributed by atoms with Crippen molar-refractivity contribution in [2.45, 2.75) is 33.1 Å². The van der Waals surface area contributed by atoms with E-state index in [1.54, 1.807) is 12.1 Å². The van der Waals surface area contributed by atoms with Gasteiger partial charge < -0.3 is 15.4 Å².